The number of esters is 1. The molecule has 1 aliphatic rings. The van der Waals surface area contributed by atoms with E-state index in [-0.39, 0.29) is 18.6 Å². The Morgan fingerprint density at radius 1 is 1.05 bits per heavy atom. The van der Waals surface area contributed by atoms with Gasteiger partial charge in [0, 0.05) is 0 Å². The number of methoxy groups -OCH3 is 1. The van der Waals surface area contributed by atoms with Gasteiger partial charge in [-0.05, 0) is 29.3 Å². The third-order valence-corrected chi connectivity index (χ3v) is 3.85. The van der Waals surface area contributed by atoms with Crippen LogP contribution >= 0.6 is 0 Å². The van der Waals surface area contributed by atoms with Gasteiger partial charge in [-0.15, -0.1) is 0 Å². The lowest BCUT2D eigenvalue weighted by atomic mass is 10.0. The highest BCUT2D eigenvalue weighted by Gasteiger charge is 2.31. The number of rotatable bonds is 3. The molecule has 0 radical (unpaired) electrons. The number of hydrogen-bond acceptors (Lipinski definition) is 3. The summed E-state index contributed by atoms with van der Waals surface area (Å²) in [6.45, 7) is 0.282. The van der Waals surface area contributed by atoms with Gasteiger partial charge >= 0.3 is 5.97 Å². The normalized spacial score (nSPS) is 13.2. The molecule has 0 aromatic heterocycles. The number of ether oxygens (including phenoxy) is 1. The summed E-state index contributed by atoms with van der Waals surface area (Å²) in [7, 11) is 3.38. The van der Waals surface area contributed by atoms with Gasteiger partial charge in [0.2, 0.25) is 0 Å². The minimum absolute atomic E-state index is 0.112. The van der Waals surface area contributed by atoms with E-state index in [1.165, 1.54) is 29.4 Å². The van der Waals surface area contributed by atoms with E-state index in [4.69, 9.17) is 4.74 Å². The molecular weight excluding hydrogens is 250 g/mol. The fourth-order valence-electron chi connectivity index (χ4n) is 2.96. The van der Waals surface area contributed by atoms with E-state index < -0.39 is 0 Å². The molecule has 0 fully saturated rings. The highest BCUT2D eigenvalue weighted by atomic mass is 16.5. The number of carbonyl (C=O) groups excluding carboxylic acids is 1. The van der Waals surface area contributed by atoms with E-state index in [2.05, 4.69) is 36.4 Å². The van der Waals surface area contributed by atoms with Crippen molar-refractivity contribution in [1.82, 2.24) is 4.90 Å². The molecule has 1 aliphatic carbocycles. The van der Waals surface area contributed by atoms with Crippen molar-refractivity contribution >= 4 is 5.97 Å². The van der Waals surface area contributed by atoms with Crippen molar-refractivity contribution in [3.05, 3.63) is 59.7 Å². The second kappa shape index (κ2) is 5.10. The van der Waals surface area contributed by atoms with Gasteiger partial charge in [0.25, 0.3) is 0 Å². The largest absolute Gasteiger partial charge is 0.468 e. The maximum atomic E-state index is 11.5. The number of carbonyl (C=O) groups is 1. The SMILES string of the molecule is COC(=O)CN(C)C1c2ccccc2-c2ccccc21. The van der Waals surface area contributed by atoms with Gasteiger partial charge in [-0.1, -0.05) is 48.5 Å². The number of fused-ring (bicyclic) bond motifs is 3. The molecule has 3 rings (SSSR count). The molecule has 3 nitrogen and oxygen atoms in total. The quantitative estimate of drug-likeness (QED) is 0.801. The van der Waals surface area contributed by atoms with Crippen LogP contribution in [0.5, 0.6) is 0 Å². The zero-order valence-electron chi connectivity index (χ0n) is 11.7. The summed E-state index contributed by atoms with van der Waals surface area (Å²) >= 11 is 0. The smallest absolute Gasteiger partial charge is 0.319 e. The van der Waals surface area contributed by atoms with Crippen LogP contribution < -0.4 is 0 Å². The van der Waals surface area contributed by atoms with E-state index in [0.717, 1.165) is 0 Å². The number of hydrogen-bond donors (Lipinski definition) is 0. The first kappa shape index (κ1) is 12.9. The molecule has 2 aromatic carbocycles. The molecule has 0 heterocycles. The van der Waals surface area contributed by atoms with E-state index in [1.807, 2.05) is 24.1 Å². The highest BCUT2D eigenvalue weighted by molar-refractivity contribution is 5.79. The van der Waals surface area contributed by atoms with Gasteiger partial charge in [0.1, 0.15) is 0 Å². The molecule has 0 bridgehead atoms. The third-order valence-electron chi connectivity index (χ3n) is 3.85. The van der Waals surface area contributed by atoms with Crippen LogP contribution in [0.4, 0.5) is 0 Å². The Bertz CT molecular complexity index is 605. The van der Waals surface area contributed by atoms with Crippen molar-refractivity contribution in [1.29, 1.82) is 0 Å². The molecule has 0 N–H and O–H groups in total. The summed E-state index contributed by atoms with van der Waals surface area (Å²) in [4.78, 5) is 13.6. The van der Waals surface area contributed by atoms with Crippen molar-refractivity contribution < 1.29 is 9.53 Å². The van der Waals surface area contributed by atoms with E-state index in [1.54, 1.807) is 0 Å². The Morgan fingerprint density at radius 2 is 1.55 bits per heavy atom. The standard InChI is InChI=1S/C17H17NO2/c1-18(11-16(19)20-2)17-14-9-5-3-7-12(14)13-8-4-6-10-15(13)17/h3-10,17H,11H2,1-2H3. The molecule has 0 atom stereocenters. The van der Waals surface area contributed by atoms with E-state index >= 15 is 0 Å². The Balaban J connectivity index is 2.05. The van der Waals surface area contributed by atoms with Crippen molar-refractivity contribution in [3.8, 4) is 11.1 Å². The highest BCUT2D eigenvalue weighted by Crippen LogP contribution is 2.45. The van der Waals surface area contributed by atoms with Crippen LogP contribution in [0, 0.1) is 0 Å². The second-order valence-electron chi connectivity index (χ2n) is 5.07. The Morgan fingerprint density at radius 3 is 2.05 bits per heavy atom. The first-order valence-electron chi connectivity index (χ1n) is 6.67. The van der Waals surface area contributed by atoms with Gasteiger partial charge in [0.05, 0.1) is 19.7 Å². The van der Waals surface area contributed by atoms with Crippen molar-refractivity contribution in [2.24, 2.45) is 0 Å². The van der Waals surface area contributed by atoms with Crippen molar-refractivity contribution in [2.45, 2.75) is 6.04 Å². The van der Waals surface area contributed by atoms with Crippen LogP contribution in [0.15, 0.2) is 48.5 Å². The van der Waals surface area contributed by atoms with Crippen LogP contribution in [0.3, 0.4) is 0 Å². The second-order valence-corrected chi connectivity index (χ2v) is 5.07. The van der Waals surface area contributed by atoms with E-state index in [0.29, 0.717) is 0 Å². The monoisotopic (exact) mass is 267 g/mol. The summed E-state index contributed by atoms with van der Waals surface area (Å²) in [6, 6.07) is 16.9. The van der Waals surface area contributed by atoms with Gasteiger partial charge in [0.15, 0.2) is 0 Å². The Hall–Kier alpha value is -2.13. The van der Waals surface area contributed by atoms with Crippen LogP contribution in [-0.2, 0) is 9.53 Å². The molecule has 0 aliphatic heterocycles. The molecule has 0 spiro atoms. The molecule has 20 heavy (non-hydrogen) atoms. The average Bonchev–Trinajstić information content (AvgIpc) is 2.81. The summed E-state index contributed by atoms with van der Waals surface area (Å²) in [5, 5.41) is 0. The maximum absolute atomic E-state index is 11.5. The zero-order chi connectivity index (χ0) is 14.1. The summed E-state index contributed by atoms with van der Waals surface area (Å²) in [5.74, 6) is -0.214. The third kappa shape index (κ3) is 2.00. The molecule has 0 unspecified atom stereocenters. The summed E-state index contributed by atoms with van der Waals surface area (Å²) < 4.78 is 4.78. The van der Waals surface area contributed by atoms with Crippen molar-refractivity contribution in [3.63, 3.8) is 0 Å². The first-order chi connectivity index (χ1) is 9.72. The number of benzene rings is 2. The predicted molar refractivity (Wildman–Crippen MR) is 78.4 cm³/mol. The predicted octanol–water partition coefficient (Wildman–Crippen LogP) is 2.86. The average molecular weight is 267 g/mol. The maximum Gasteiger partial charge on any atom is 0.319 e. The lowest BCUT2D eigenvalue weighted by Crippen LogP contribution is -2.30. The van der Waals surface area contributed by atoms with Gasteiger partial charge in [-0.3, -0.25) is 9.69 Å². The minimum atomic E-state index is -0.214. The molecule has 0 saturated carbocycles. The van der Waals surface area contributed by atoms with Gasteiger partial charge in [-0.2, -0.15) is 0 Å². The first-order valence-corrected chi connectivity index (χ1v) is 6.67. The van der Waals surface area contributed by atoms with Crippen LogP contribution in [0.1, 0.15) is 17.2 Å². The summed E-state index contributed by atoms with van der Waals surface area (Å²) in [5.41, 5.74) is 5.01. The van der Waals surface area contributed by atoms with E-state index in [9.17, 15) is 4.79 Å². The van der Waals surface area contributed by atoms with Crippen LogP contribution in [0.25, 0.3) is 11.1 Å². The zero-order valence-corrected chi connectivity index (χ0v) is 11.7. The topological polar surface area (TPSA) is 29.5 Å². The lowest BCUT2D eigenvalue weighted by Gasteiger charge is -2.25. The molecule has 102 valence electrons. The minimum Gasteiger partial charge on any atom is -0.468 e. The fourth-order valence-corrected chi connectivity index (χ4v) is 2.96. The summed E-state index contributed by atoms with van der Waals surface area (Å²) in [6.07, 6.45) is 0. The molecule has 3 heteroatoms. The Kier molecular flexibility index (Phi) is 3.28. The number of likely N-dealkylation sites (N-methyl/N-ethyl adjacent to an activating group) is 1. The molecule has 2 aromatic rings. The molecular formula is C17H17NO2. The van der Waals surface area contributed by atoms with Gasteiger partial charge in [-0.25, -0.2) is 0 Å². The van der Waals surface area contributed by atoms with Crippen LogP contribution in [-0.4, -0.2) is 31.6 Å². The molecule has 0 saturated heterocycles. The van der Waals surface area contributed by atoms with Gasteiger partial charge < -0.3 is 4.74 Å². The van der Waals surface area contributed by atoms with Crippen LogP contribution in [0.2, 0.25) is 0 Å². The molecule has 0 amide bonds. The Labute approximate surface area is 118 Å². The number of nitrogens with zero attached hydrogens (tertiary/aromatic N) is 1. The fraction of sp³-hybridized carbons (Fsp3) is 0.235. The lowest BCUT2D eigenvalue weighted by molar-refractivity contribution is -0.141. The van der Waals surface area contributed by atoms with Crippen molar-refractivity contribution in [2.75, 3.05) is 20.7 Å².